The van der Waals surface area contributed by atoms with E-state index in [1.54, 1.807) is 6.26 Å². The first kappa shape index (κ1) is 27.2. The van der Waals surface area contributed by atoms with Gasteiger partial charge in [0.1, 0.15) is 18.1 Å². The standard InChI is InChI=1S/C18H29N5O8S/c1-32-6-4-10(21-15(27)9(19)7-14(25)26)17(29)23-5-2-3-12(23)16(28)22-11(18(30)31)8-13(20)24/h9-12H,2-8,19H2,1H3,(H2,20,24)(H,21,27)(H,22,28)(H,25,26)(H,30,31). The highest BCUT2D eigenvalue weighted by Crippen LogP contribution is 2.20. The first-order valence-corrected chi connectivity index (χ1v) is 11.3. The summed E-state index contributed by atoms with van der Waals surface area (Å²) < 4.78 is 0. The Labute approximate surface area is 188 Å². The zero-order valence-electron chi connectivity index (χ0n) is 17.6. The van der Waals surface area contributed by atoms with Crippen molar-refractivity contribution in [2.75, 3.05) is 18.6 Å². The molecule has 13 nitrogen and oxygen atoms in total. The Morgan fingerprint density at radius 3 is 2.28 bits per heavy atom. The largest absolute Gasteiger partial charge is 0.481 e. The molecule has 0 aromatic rings. The molecule has 1 aliphatic rings. The summed E-state index contributed by atoms with van der Waals surface area (Å²) >= 11 is 1.42. The first-order chi connectivity index (χ1) is 15.0. The van der Waals surface area contributed by atoms with Crippen molar-refractivity contribution in [3.8, 4) is 0 Å². The number of thioether (sulfide) groups is 1. The molecule has 180 valence electrons. The normalized spacial score (nSPS) is 18.3. The van der Waals surface area contributed by atoms with E-state index in [9.17, 15) is 33.9 Å². The molecule has 0 radical (unpaired) electrons. The van der Waals surface area contributed by atoms with Crippen LogP contribution in [0.5, 0.6) is 0 Å². The Bertz CT molecular complexity index is 749. The van der Waals surface area contributed by atoms with Gasteiger partial charge < -0.3 is 37.2 Å². The summed E-state index contributed by atoms with van der Waals surface area (Å²) in [6.07, 6.45) is 1.55. The summed E-state index contributed by atoms with van der Waals surface area (Å²) in [5.41, 5.74) is 10.6. The molecule has 4 unspecified atom stereocenters. The number of primary amides is 1. The van der Waals surface area contributed by atoms with Crippen LogP contribution in [0.15, 0.2) is 0 Å². The molecule has 0 bridgehead atoms. The molecule has 1 aliphatic heterocycles. The number of amides is 4. The van der Waals surface area contributed by atoms with Gasteiger partial charge in [-0.2, -0.15) is 11.8 Å². The molecule has 1 heterocycles. The van der Waals surface area contributed by atoms with Crippen LogP contribution in [0.3, 0.4) is 0 Å². The highest BCUT2D eigenvalue weighted by atomic mass is 32.2. The van der Waals surface area contributed by atoms with E-state index in [0.717, 1.165) is 0 Å². The van der Waals surface area contributed by atoms with Crippen molar-refractivity contribution in [1.82, 2.24) is 15.5 Å². The molecule has 1 rings (SSSR count). The second kappa shape index (κ2) is 12.9. The van der Waals surface area contributed by atoms with Gasteiger partial charge in [0.25, 0.3) is 0 Å². The number of carboxylic acids is 2. The molecule has 0 spiro atoms. The predicted octanol–water partition coefficient (Wildman–Crippen LogP) is -2.54. The summed E-state index contributed by atoms with van der Waals surface area (Å²) in [5, 5.41) is 22.7. The average Bonchev–Trinajstić information content (AvgIpc) is 3.18. The number of nitrogens with one attached hydrogen (secondary N) is 2. The fourth-order valence-corrected chi connectivity index (χ4v) is 3.70. The van der Waals surface area contributed by atoms with E-state index >= 15 is 0 Å². The highest BCUT2D eigenvalue weighted by molar-refractivity contribution is 7.98. The fraction of sp³-hybridized carbons (Fsp3) is 0.667. The maximum absolute atomic E-state index is 13.1. The minimum absolute atomic E-state index is 0.206. The number of rotatable bonds is 13. The van der Waals surface area contributed by atoms with Crippen LogP contribution in [0.4, 0.5) is 0 Å². The SMILES string of the molecule is CSCCC(NC(=O)C(N)CC(=O)O)C(=O)N1CCCC1C(=O)NC(CC(N)=O)C(=O)O. The lowest BCUT2D eigenvalue weighted by atomic mass is 10.1. The van der Waals surface area contributed by atoms with Crippen LogP contribution < -0.4 is 22.1 Å². The van der Waals surface area contributed by atoms with Crippen LogP contribution in [-0.4, -0.2) is 93.4 Å². The van der Waals surface area contributed by atoms with E-state index in [2.05, 4.69) is 10.6 Å². The van der Waals surface area contributed by atoms with Gasteiger partial charge in [0.2, 0.25) is 23.6 Å². The molecule has 32 heavy (non-hydrogen) atoms. The minimum Gasteiger partial charge on any atom is -0.481 e. The summed E-state index contributed by atoms with van der Waals surface area (Å²) in [5.74, 6) is -5.23. The summed E-state index contributed by atoms with van der Waals surface area (Å²) in [6.45, 7) is 0.206. The Morgan fingerprint density at radius 1 is 1.09 bits per heavy atom. The van der Waals surface area contributed by atoms with Gasteiger partial charge in [0, 0.05) is 6.54 Å². The molecule has 0 aliphatic carbocycles. The minimum atomic E-state index is -1.53. The third-order valence-electron chi connectivity index (χ3n) is 4.81. The van der Waals surface area contributed by atoms with Gasteiger partial charge in [-0.1, -0.05) is 0 Å². The van der Waals surface area contributed by atoms with Crippen molar-refractivity contribution < 1.29 is 39.0 Å². The molecule has 14 heteroatoms. The van der Waals surface area contributed by atoms with Gasteiger partial charge in [-0.05, 0) is 31.3 Å². The van der Waals surface area contributed by atoms with Gasteiger partial charge in [-0.3, -0.25) is 24.0 Å². The van der Waals surface area contributed by atoms with Crippen molar-refractivity contribution in [1.29, 1.82) is 0 Å². The van der Waals surface area contributed by atoms with Gasteiger partial charge in [-0.25, -0.2) is 4.79 Å². The maximum Gasteiger partial charge on any atom is 0.326 e. The van der Waals surface area contributed by atoms with E-state index < -0.39 is 72.6 Å². The number of carbonyl (C=O) groups excluding carboxylic acids is 4. The van der Waals surface area contributed by atoms with Crippen LogP contribution in [0.2, 0.25) is 0 Å². The monoisotopic (exact) mass is 475 g/mol. The lowest BCUT2D eigenvalue weighted by molar-refractivity contribution is -0.146. The van der Waals surface area contributed by atoms with Crippen LogP contribution in [0, 0.1) is 0 Å². The number of nitrogens with two attached hydrogens (primary N) is 2. The second-order valence-electron chi connectivity index (χ2n) is 7.31. The van der Waals surface area contributed by atoms with Crippen molar-refractivity contribution >= 4 is 47.3 Å². The van der Waals surface area contributed by atoms with E-state index in [1.165, 1.54) is 16.7 Å². The molecule has 0 aromatic carbocycles. The molecular weight excluding hydrogens is 446 g/mol. The molecule has 0 saturated carbocycles. The van der Waals surface area contributed by atoms with Crippen LogP contribution in [0.25, 0.3) is 0 Å². The second-order valence-corrected chi connectivity index (χ2v) is 8.29. The van der Waals surface area contributed by atoms with Crippen LogP contribution in [-0.2, 0) is 28.8 Å². The van der Waals surface area contributed by atoms with Crippen molar-refractivity contribution in [2.45, 2.75) is 56.3 Å². The highest BCUT2D eigenvalue weighted by Gasteiger charge is 2.39. The Balaban J connectivity index is 2.94. The van der Waals surface area contributed by atoms with Crippen molar-refractivity contribution in [2.24, 2.45) is 11.5 Å². The van der Waals surface area contributed by atoms with E-state index in [1.807, 2.05) is 0 Å². The summed E-state index contributed by atoms with van der Waals surface area (Å²) in [6, 6.07) is -4.90. The van der Waals surface area contributed by atoms with Gasteiger partial charge in [-0.15, -0.1) is 0 Å². The number of carboxylic acid groups (broad SMARTS) is 2. The Morgan fingerprint density at radius 2 is 1.75 bits per heavy atom. The molecule has 4 amide bonds. The Kier molecular flexibility index (Phi) is 10.9. The average molecular weight is 476 g/mol. The maximum atomic E-state index is 13.1. The summed E-state index contributed by atoms with van der Waals surface area (Å²) in [7, 11) is 0. The van der Waals surface area contributed by atoms with Gasteiger partial charge in [0.15, 0.2) is 0 Å². The van der Waals surface area contributed by atoms with Crippen molar-refractivity contribution in [3.63, 3.8) is 0 Å². The lowest BCUT2D eigenvalue weighted by Gasteiger charge is -2.29. The number of hydrogen-bond donors (Lipinski definition) is 6. The number of likely N-dealkylation sites (tertiary alicyclic amines) is 1. The lowest BCUT2D eigenvalue weighted by Crippen LogP contribution is -2.57. The molecule has 4 atom stereocenters. The number of carbonyl (C=O) groups is 6. The van der Waals surface area contributed by atoms with E-state index in [4.69, 9.17) is 16.6 Å². The fourth-order valence-electron chi connectivity index (χ4n) is 3.23. The number of aliphatic carboxylic acids is 2. The molecular formula is C18H29N5O8S. The third kappa shape index (κ3) is 8.34. The topological polar surface area (TPSA) is 222 Å². The number of hydrogen-bond acceptors (Lipinski definition) is 8. The molecule has 8 N–H and O–H groups in total. The smallest absolute Gasteiger partial charge is 0.326 e. The first-order valence-electron chi connectivity index (χ1n) is 9.86. The van der Waals surface area contributed by atoms with Crippen LogP contribution >= 0.6 is 11.8 Å². The number of nitrogens with zero attached hydrogens (tertiary/aromatic N) is 1. The summed E-state index contributed by atoms with van der Waals surface area (Å²) in [4.78, 5) is 72.4. The predicted molar refractivity (Wildman–Crippen MR) is 113 cm³/mol. The molecule has 1 fully saturated rings. The van der Waals surface area contributed by atoms with Gasteiger partial charge in [0.05, 0.1) is 18.9 Å². The van der Waals surface area contributed by atoms with Crippen molar-refractivity contribution in [3.05, 3.63) is 0 Å². The quantitative estimate of drug-likeness (QED) is 0.164. The zero-order valence-corrected chi connectivity index (χ0v) is 18.4. The van der Waals surface area contributed by atoms with E-state index in [0.29, 0.717) is 12.2 Å². The third-order valence-corrected chi connectivity index (χ3v) is 5.46. The van der Waals surface area contributed by atoms with Crippen LogP contribution in [0.1, 0.15) is 32.1 Å². The zero-order chi connectivity index (χ0) is 24.4. The molecule has 0 aromatic heterocycles. The van der Waals surface area contributed by atoms with Gasteiger partial charge >= 0.3 is 11.9 Å². The Hall–Kier alpha value is -2.87. The molecule has 1 saturated heterocycles. The van der Waals surface area contributed by atoms with E-state index in [-0.39, 0.29) is 19.4 Å².